The van der Waals surface area contributed by atoms with Crippen molar-refractivity contribution in [3.8, 4) is 11.3 Å². The summed E-state index contributed by atoms with van der Waals surface area (Å²) in [5.74, 6) is -0.0541. The van der Waals surface area contributed by atoms with Crippen molar-refractivity contribution in [3.05, 3.63) is 66.6 Å². The molecule has 0 radical (unpaired) electrons. The molecule has 4 aromatic rings. The van der Waals surface area contributed by atoms with Crippen molar-refractivity contribution in [2.24, 2.45) is 5.92 Å². The first-order valence-electron chi connectivity index (χ1n) is 10.0. The van der Waals surface area contributed by atoms with Gasteiger partial charge in [0, 0.05) is 17.8 Å². The van der Waals surface area contributed by atoms with E-state index >= 15 is 0 Å². The van der Waals surface area contributed by atoms with Crippen LogP contribution < -0.4 is 10.6 Å². The highest BCUT2D eigenvalue weighted by atomic mass is 16.2. The summed E-state index contributed by atoms with van der Waals surface area (Å²) in [7, 11) is 0. The summed E-state index contributed by atoms with van der Waals surface area (Å²) in [5, 5.41) is 16.4. The molecule has 1 aromatic carbocycles. The minimum absolute atomic E-state index is 0.199. The summed E-state index contributed by atoms with van der Waals surface area (Å²) >= 11 is 0. The molecule has 3 heterocycles. The topological polar surface area (TPSA) is 117 Å². The lowest BCUT2D eigenvalue weighted by molar-refractivity contribution is -0.118. The van der Waals surface area contributed by atoms with Crippen LogP contribution in [-0.2, 0) is 4.79 Å². The summed E-state index contributed by atoms with van der Waals surface area (Å²) < 4.78 is 1.63. The van der Waals surface area contributed by atoms with Gasteiger partial charge >= 0.3 is 0 Å². The molecule has 0 spiro atoms. The molecule has 9 heteroatoms. The Morgan fingerprint density at radius 1 is 1.10 bits per heavy atom. The highest BCUT2D eigenvalue weighted by molar-refractivity contribution is 6.03. The number of amides is 2. The van der Waals surface area contributed by atoms with Gasteiger partial charge in [0.05, 0.1) is 18.1 Å². The quantitative estimate of drug-likeness (QED) is 0.427. The van der Waals surface area contributed by atoms with Crippen molar-refractivity contribution in [3.63, 3.8) is 0 Å². The number of hydrogen-bond acceptors (Lipinski definition) is 5. The van der Waals surface area contributed by atoms with Gasteiger partial charge in [-0.3, -0.25) is 14.7 Å². The predicted molar refractivity (Wildman–Crippen MR) is 116 cm³/mol. The third-order valence-electron chi connectivity index (χ3n) is 4.80. The van der Waals surface area contributed by atoms with Gasteiger partial charge in [-0.05, 0) is 18.4 Å². The van der Waals surface area contributed by atoms with Crippen LogP contribution in [0.5, 0.6) is 0 Å². The predicted octanol–water partition coefficient (Wildman–Crippen LogP) is 2.90. The molecular weight excluding hydrogens is 394 g/mol. The third-order valence-corrected chi connectivity index (χ3v) is 4.80. The maximum absolute atomic E-state index is 13.1. The molecule has 3 aromatic heterocycles. The Labute approximate surface area is 178 Å². The number of rotatable bonds is 7. The van der Waals surface area contributed by atoms with Gasteiger partial charge in [0.2, 0.25) is 5.91 Å². The minimum atomic E-state index is -0.719. The number of hydrogen-bond donors (Lipinski definition) is 3. The number of anilines is 1. The van der Waals surface area contributed by atoms with E-state index in [1.807, 2.05) is 50.2 Å². The van der Waals surface area contributed by atoms with Crippen molar-refractivity contribution in [1.29, 1.82) is 0 Å². The van der Waals surface area contributed by atoms with E-state index in [2.05, 4.69) is 30.9 Å². The molecule has 31 heavy (non-hydrogen) atoms. The van der Waals surface area contributed by atoms with E-state index in [4.69, 9.17) is 0 Å². The maximum atomic E-state index is 13.1. The third kappa shape index (κ3) is 4.45. The Balaban J connectivity index is 1.59. The average molecular weight is 417 g/mol. The van der Waals surface area contributed by atoms with Gasteiger partial charge in [0.1, 0.15) is 17.4 Å². The molecule has 0 saturated heterocycles. The SMILES string of the molecule is CC(C)CC(NC(=O)c1cnn2c(-c3ccccc3)ccnc12)C(=O)Nc1ccn[nH]1. The molecule has 0 aliphatic carbocycles. The molecule has 0 aliphatic heterocycles. The number of nitrogens with zero attached hydrogens (tertiary/aromatic N) is 4. The average Bonchev–Trinajstić information content (AvgIpc) is 3.43. The molecule has 0 fully saturated rings. The summed E-state index contributed by atoms with van der Waals surface area (Å²) in [5.41, 5.74) is 2.51. The molecule has 1 unspecified atom stereocenters. The van der Waals surface area contributed by atoms with Crippen molar-refractivity contribution in [2.75, 3.05) is 5.32 Å². The van der Waals surface area contributed by atoms with Crippen molar-refractivity contribution in [2.45, 2.75) is 26.3 Å². The van der Waals surface area contributed by atoms with Crippen molar-refractivity contribution >= 4 is 23.3 Å². The first kappa shape index (κ1) is 20.3. The largest absolute Gasteiger partial charge is 0.340 e. The van der Waals surface area contributed by atoms with Crippen LogP contribution in [-0.4, -0.2) is 42.7 Å². The van der Waals surface area contributed by atoms with Crippen LogP contribution in [0.1, 0.15) is 30.6 Å². The lowest BCUT2D eigenvalue weighted by Gasteiger charge is -2.19. The second-order valence-corrected chi connectivity index (χ2v) is 7.60. The number of aromatic nitrogens is 5. The second-order valence-electron chi connectivity index (χ2n) is 7.60. The number of aromatic amines is 1. The Morgan fingerprint density at radius 2 is 1.90 bits per heavy atom. The highest BCUT2D eigenvalue weighted by Crippen LogP contribution is 2.21. The standard InChI is InChI=1S/C22H23N7O2/c1-14(2)12-17(22(31)27-19-9-11-24-28-19)26-21(30)16-13-25-29-18(8-10-23-20(16)29)15-6-4-3-5-7-15/h3-11,13-14,17H,12H2,1-2H3,(H,26,30)(H2,24,27,28,31). The Morgan fingerprint density at radius 3 is 2.61 bits per heavy atom. The number of H-pyrrole nitrogens is 1. The minimum Gasteiger partial charge on any atom is -0.340 e. The smallest absolute Gasteiger partial charge is 0.257 e. The van der Waals surface area contributed by atoms with E-state index in [-0.39, 0.29) is 11.8 Å². The zero-order valence-electron chi connectivity index (χ0n) is 17.2. The molecule has 0 bridgehead atoms. The summed E-state index contributed by atoms with van der Waals surface area (Å²) in [6, 6.07) is 12.5. The number of benzene rings is 1. The fraction of sp³-hybridized carbons (Fsp3) is 0.227. The van der Waals surface area contributed by atoms with E-state index in [0.717, 1.165) is 11.3 Å². The lowest BCUT2D eigenvalue weighted by atomic mass is 10.0. The van der Waals surface area contributed by atoms with Gasteiger partial charge in [0.25, 0.3) is 5.91 Å². The molecular formula is C22H23N7O2. The van der Waals surface area contributed by atoms with Crippen molar-refractivity contribution < 1.29 is 9.59 Å². The number of carbonyl (C=O) groups excluding carboxylic acids is 2. The number of nitrogens with one attached hydrogen (secondary N) is 3. The van der Waals surface area contributed by atoms with Gasteiger partial charge in [-0.1, -0.05) is 44.2 Å². The molecule has 0 saturated carbocycles. The zero-order valence-corrected chi connectivity index (χ0v) is 17.2. The first-order valence-corrected chi connectivity index (χ1v) is 10.0. The summed E-state index contributed by atoms with van der Waals surface area (Å²) in [6.07, 6.45) is 5.14. The molecule has 158 valence electrons. The Hall–Kier alpha value is -4.01. The molecule has 3 N–H and O–H groups in total. The van der Waals surface area contributed by atoms with E-state index in [9.17, 15) is 9.59 Å². The van der Waals surface area contributed by atoms with Crippen LogP contribution >= 0.6 is 0 Å². The zero-order chi connectivity index (χ0) is 21.8. The van der Waals surface area contributed by atoms with Gasteiger partial charge < -0.3 is 10.6 Å². The normalized spacial score (nSPS) is 12.1. The van der Waals surface area contributed by atoms with E-state index in [1.165, 1.54) is 6.20 Å². The maximum Gasteiger partial charge on any atom is 0.257 e. The van der Waals surface area contributed by atoms with Crippen LogP contribution in [0.25, 0.3) is 16.9 Å². The second kappa shape index (κ2) is 8.78. The summed E-state index contributed by atoms with van der Waals surface area (Å²) in [4.78, 5) is 30.2. The van der Waals surface area contributed by atoms with Crippen LogP contribution in [0.4, 0.5) is 5.82 Å². The fourth-order valence-electron chi connectivity index (χ4n) is 3.36. The lowest BCUT2D eigenvalue weighted by Crippen LogP contribution is -2.44. The van der Waals surface area contributed by atoms with E-state index in [1.54, 1.807) is 23.0 Å². The number of carbonyl (C=O) groups is 2. The number of fused-ring (bicyclic) bond motifs is 1. The highest BCUT2D eigenvalue weighted by Gasteiger charge is 2.25. The molecule has 4 rings (SSSR count). The van der Waals surface area contributed by atoms with Gasteiger partial charge in [-0.2, -0.15) is 10.2 Å². The van der Waals surface area contributed by atoms with Crippen LogP contribution in [0.2, 0.25) is 0 Å². The summed E-state index contributed by atoms with van der Waals surface area (Å²) in [6.45, 7) is 3.98. The monoisotopic (exact) mass is 417 g/mol. The first-order chi connectivity index (χ1) is 15.0. The Kier molecular flexibility index (Phi) is 5.74. The molecule has 1 atom stereocenters. The van der Waals surface area contributed by atoms with Crippen LogP contribution in [0, 0.1) is 5.92 Å². The van der Waals surface area contributed by atoms with Crippen LogP contribution in [0.15, 0.2) is 61.1 Å². The fourth-order valence-corrected chi connectivity index (χ4v) is 3.36. The van der Waals surface area contributed by atoms with Gasteiger partial charge in [-0.15, -0.1) is 0 Å². The van der Waals surface area contributed by atoms with Gasteiger partial charge in [-0.25, -0.2) is 9.50 Å². The van der Waals surface area contributed by atoms with E-state index < -0.39 is 11.9 Å². The van der Waals surface area contributed by atoms with E-state index in [0.29, 0.717) is 23.4 Å². The molecule has 2 amide bonds. The van der Waals surface area contributed by atoms with Crippen molar-refractivity contribution in [1.82, 2.24) is 30.1 Å². The molecule has 0 aliphatic rings. The molecule has 9 nitrogen and oxygen atoms in total. The van der Waals surface area contributed by atoms with Crippen LogP contribution in [0.3, 0.4) is 0 Å². The van der Waals surface area contributed by atoms with Gasteiger partial charge in [0.15, 0.2) is 5.65 Å². The Bertz CT molecular complexity index is 1180.